The molecule has 3 N–H and O–H groups in total. The van der Waals surface area contributed by atoms with E-state index >= 15 is 0 Å². The fourth-order valence-electron chi connectivity index (χ4n) is 2.15. The molecule has 0 atom stereocenters. The molecule has 26 heavy (non-hydrogen) atoms. The molecule has 1 aromatic carbocycles. The van der Waals surface area contributed by atoms with Gasteiger partial charge in [0, 0.05) is 6.20 Å². The third-order valence-corrected chi connectivity index (χ3v) is 4.28. The lowest BCUT2D eigenvalue weighted by atomic mass is 10.3. The second-order valence-electron chi connectivity index (χ2n) is 5.02. The maximum atomic E-state index is 9.13. The molecule has 2 aromatic heterocycles. The fourth-order valence-corrected chi connectivity index (χ4v) is 2.95. The molecule has 0 radical (unpaired) electrons. The molecule has 9 heteroatoms. The van der Waals surface area contributed by atoms with Crippen LogP contribution in [0.5, 0.6) is 5.75 Å². The van der Waals surface area contributed by atoms with Crippen LogP contribution >= 0.6 is 11.8 Å². The molecule has 0 spiro atoms. The minimum absolute atomic E-state index is 0.106. The van der Waals surface area contributed by atoms with Crippen molar-refractivity contribution in [2.45, 2.75) is 10.8 Å². The summed E-state index contributed by atoms with van der Waals surface area (Å²) in [4.78, 5) is 16.8. The number of benzene rings is 1. The van der Waals surface area contributed by atoms with Crippen LogP contribution < -0.4 is 15.8 Å². The van der Waals surface area contributed by atoms with Crippen molar-refractivity contribution in [3.05, 3.63) is 54.0 Å². The van der Waals surface area contributed by atoms with E-state index in [4.69, 9.17) is 15.7 Å². The number of para-hydroxylation sites is 2. The van der Waals surface area contributed by atoms with E-state index in [0.29, 0.717) is 33.9 Å². The van der Waals surface area contributed by atoms with Crippen molar-refractivity contribution in [2.24, 2.45) is 0 Å². The van der Waals surface area contributed by atoms with E-state index in [1.165, 1.54) is 11.8 Å². The van der Waals surface area contributed by atoms with Gasteiger partial charge in [-0.15, -0.1) is 0 Å². The first kappa shape index (κ1) is 17.4. The number of methoxy groups -OCH3 is 1. The number of anilines is 3. The standard InChI is InChI=1S/C17H15N7OS/c1-25-13-7-3-2-6-12(13)21-17-23-14(22-16(19)24-17)10-26-15-11(9-18)5-4-8-20-15/h2-8H,10H2,1H3,(H3,19,21,22,23,24). The Labute approximate surface area is 154 Å². The Balaban J connectivity index is 1.78. The largest absolute Gasteiger partial charge is 0.495 e. The Bertz CT molecular complexity index is 958. The Morgan fingerprint density at radius 1 is 1.19 bits per heavy atom. The average Bonchev–Trinajstić information content (AvgIpc) is 2.66. The smallest absolute Gasteiger partial charge is 0.232 e. The summed E-state index contributed by atoms with van der Waals surface area (Å²) in [5.74, 6) is 1.97. The van der Waals surface area contributed by atoms with Gasteiger partial charge in [-0.05, 0) is 24.3 Å². The molecule has 0 unspecified atom stereocenters. The first-order valence-corrected chi connectivity index (χ1v) is 8.56. The van der Waals surface area contributed by atoms with Crippen molar-refractivity contribution in [2.75, 3.05) is 18.2 Å². The molecule has 0 aliphatic carbocycles. The van der Waals surface area contributed by atoms with Crippen molar-refractivity contribution < 1.29 is 4.74 Å². The van der Waals surface area contributed by atoms with Crippen LogP contribution in [0.2, 0.25) is 0 Å². The zero-order valence-electron chi connectivity index (χ0n) is 13.9. The SMILES string of the molecule is COc1ccccc1Nc1nc(N)nc(CSc2ncccc2C#N)n1. The van der Waals surface area contributed by atoms with Crippen LogP contribution in [0.15, 0.2) is 47.6 Å². The van der Waals surface area contributed by atoms with E-state index in [0.717, 1.165) is 5.69 Å². The minimum Gasteiger partial charge on any atom is -0.495 e. The minimum atomic E-state index is 0.106. The van der Waals surface area contributed by atoms with Gasteiger partial charge in [0.1, 0.15) is 22.7 Å². The summed E-state index contributed by atoms with van der Waals surface area (Å²) in [6.07, 6.45) is 1.64. The van der Waals surface area contributed by atoms with Crippen LogP contribution in [0.1, 0.15) is 11.4 Å². The van der Waals surface area contributed by atoms with Gasteiger partial charge in [0.25, 0.3) is 0 Å². The summed E-state index contributed by atoms with van der Waals surface area (Å²) >= 11 is 1.36. The number of hydrogen-bond acceptors (Lipinski definition) is 9. The average molecular weight is 365 g/mol. The number of pyridine rings is 1. The van der Waals surface area contributed by atoms with Crippen molar-refractivity contribution in [3.63, 3.8) is 0 Å². The van der Waals surface area contributed by atoms with Gasteiger partial charge >= 0.3 is 0 Å². The van der Waals surface area contributed by atoms with E-state index in [2.05, 4.69) is 31.3 Å². The van der Waals surface area contributed by atoms with Gasteiger partial charge in [0.05, 0.1) is 24.1 Å². The molecule has 130 valence electrons. The van der Waals surface area contributed by atoms with Crippen LogP contribution in [-0.4, -0.2) is 27.0 Å². The van der Waals surface area contributed by atoms with Gasteiger partial charge in [-0.25, -0.2) is 4.98 Å². The van der Waals surface area contributed by atoms with Crippen LogP contribution in [0.4, 0.5) is 17.6 Å². The van der Waals surface area contributed by atoms with Crippen molar-refractivity contribution in [1.82, 2.24) is 19.9 Å². The second kappa shape index (κ2) is 8.13. The topological polar surface area (TPSA) is 123 Å². The zero-order valence-corrected chi connectivity index (χ0v) is 14.7. The lowest BCUT2D eigenvalue weighted by molar-refractivity contribution is 0.417. The molecule has 0 aliphatic rings. The molecule has 0 fully saturated rings. The van der Waals surface area contributed by atoms with Crippen molar-refractivity contribution in [3.8, 4) is 11.8 Å². The van der Waals surface area contributed by atoms with E-state index < -0.39 is 0 Å². The highest BCUT2D eigenvalue weighted by Crippen LogP contribution is 2.27. The monoisotopic (exact) mass is 365 g/mol. The van der Waals surface area contributed by atoms with Crippen LogP contribution in [-0.2, 0) is 5.75 Å². The van der Waals surface area contributed by atoms with E-state index in [1.807, 2.05) is 24.3 Å². The van der Waals surface area contributed by atoms with Gasteiger partial charge < -0.3 is 15.8 Å². The number of nitrogens with zero attached hydrogens (tertiary/aromatic N) is 5. The molecule has 2 heterocycles. The van der Waals surface area contributed by atoms with Gasteiger partial charge in [0.2, 0.25) is 11.9 Å². The second-order valence-corrected chi connectivity index (χ2v) is 5.98. The first-order chi connectivity index (χ1) is 12.7. The number of hydrogen-bond donors (Lipinski definition) is 2. The molecule has 0 amide bonds. The lowest BCUT2D eigenvalue weighted by Crippen LogP contribution is -2.07. The Kier molecular flexibility index (Phi) is 5.46. The highest BCUT2D eigenvalue weighted by molar-refractivity contribution is 7.98. The summed E-state index contributed by atoms with van der Waals surface area (Å²) in [7, 11) is 1.59. The van der Waals surface area contributed by atoms with Gasteiger partial charge in [-0.3, -0.25) is 0 Å². The van der Waals surface area contributed by atoms with Crippen molar-refractivity contribution in [1.29, 1.82) is 5.26 Å². The predicted octanol–water partition coefficient (Wildman–Crippen LogP) is 2.76. The normalized spacial score (nSPS) is 10.2. The van der Waals surface area contributed by atoms with Crippen LogP contribution in [0.25, 0.3) is 0 Å². The molecule has 0 bridgehead atoms. The van der Waals surface area contributed by atoms with E-state index in [1.54, 1.807) is 25.4 Å². The summed E-state index contributed by atoms with van der Waals surface area (Å²) in [5, 5.41) is 12.8. The summed E-state index contributed by atoms with van der Waals surface area (Å²) in [6.45, 7) is 0. The maximum Gasteiger partial charge on any atom is 0.232 e. The number of nitrogen functional groups attached to an aromatic ring is 1. The zero-order chi connectivity index (χ0) is 18.4. The Morgan fingerprint density at radius 3 is 2.85 bits per heavy atom. The number of nitrogens with one attached hydrogen (secondary N) is 1. The van der Waals surface area contributed by atoms with Gasteiger partial charge in [0.15, 0.2) is 0 Å². The Hall–Kier alpha value is -3.38. The number of thioether (sulfide) groups is 1. The summed E-state index contributed by atoms with van der Waals surface area (Å²) < 4.78 is 5.30. The quantitative estimate of drug-likeness (QED) is 0.635. The molecule has 0 saturated carbocycles. The van der Waals surface area contributed by atoms with Crippen molar-refractivity contribution >= 4 is 29.3 Å². The Morgan fingerprint density at radius 2 is 2.04 bits per heavy atom. The van der Waals surface area contributed by atoms with Gasteiger partial charge in [-0.1, -0.05) is 23.9 Å². The number of rotatable bonds is 6. The molecular formula is C17H15N7OS. The van der Waals surface area contributed by atoms with Crippen LogP contribution in [0, 0.1) is 11.3 Å². The van der Waals surface area contributed by atoms with Gasteiger partial charge in [-0.2, -0.15) is 20.2 Å². The first-order valence-electron chi connectivity index (χ1n) is 7.58. The highest BCUT2D eigenvalue weighted by atomic mass is 32.2. The van der Waals surface area contributed by atoms with Crippen LogP contribution in [0.3, 0.4) is 0 Å². The van der Waals surface area contributed by atoms with E-state index in [-0.39, 0.29) is 5.95 Å². The third kappa shape index (κ3) is 4.17. The third-order valence-electron chi connectivity index (χ3n) is 3.28. The summed E-state index contributed by atoms with van der Waals surface area (Å²) in [6, 6.07) is 13.0. The highest BCUT2D eigenvalue weighted by Gasteiger charge is 2.10. The molecule has 8 nitrogen and oxygen atoms in total. The number of nitrogens with two attached hydrogens (primary N) is 1. The number of aromatic nitrogens is 4. The fraction of sp³-hybridized carbons (Fsp3) is 0.118. The molecule has 0 aliphatic heterocycles. The number of ether oxygens (including phenoxy) is 1. The molecular weight excluding hydrogens is 350 g/mol. The maximum absolute atomic E-state index is 9.13. The molecule has 3 rings (SSSR count). The predicted molar refractivity (Wildman–Crippen MR) is 99.0 cm³/mol. The lowest BCUT2D eigenvalue weighted by Gasteiger charge is -2.10. The number of nitriles is 1. The molecule has 0 saturated heterocycles. The van der Waals surface area contributed by atoms with E-state index in [9.17, 15) is 0 Å². The summed E-state index contributed by atoms with van der Waals surface area (Å²) in [5.41, 5.74) is 7.02. The molecule has 3 aromatic rings.